The molecule has 0 unspecified atom stereocenters. The lowest BCUT2D eigenvalue weighted by Gasteiger charge is -2.26. The van der Waals surface area contributed by atoms with Crippen LogP contribution in [-0.4, -0.2) is 32.3 Å². The van der Waals surface area contributed by atoms with Gasteiger partial charge in [-0.15, -0.1) is 11.8 Å². The van der Waals surface area contributed by atoms with Crippen LogP contribution >= 0.6 is 23.4 Å². The number of aromatic carboxylic acids is 1. The lowest BCUT2D eigenvalue weighted by molar-refractivity contribution is -0.126. The van der Waals surface area contributed by atoms with Gasteiger partial charge in [-0.2, -0.15) is 0 Å². The third kappa shape index (κ3) is 3.75. The number of nitrogens with zero attached hydrogens (tertiary/aromatic N) is 2. The molecule has 0 spiro atoms. The maximum absolute atomic E-state index is 14.9. The van der Waals surface area contributed by atoms with Gasteiger partial charge in [0.05, 0.1) is 17.0 Å². The summed E-state index contributed by atoms with van der Waals surface area (Å²) in [6, 6.07) is 9.50. The van der Waals surface area contributed by atoms with Gasteiger partial charge in [0, 0.05) is 28.7 Å². The van der Waals surface area contributed by atoms with E-state index in [0.717, 1.165) is 6.07 Å². The van der Waals surface area contributed by atoms with E-state index in [9.17, 15) is 23.9 Å². The van der Waals surface area contributed by atoms with Gasteiger partial charge in [0.2, 0.25) is 5.43 Å². The van der Waals surface area contributed by atoms with Crippen LogP contribution in [-0.2, 0) is 11.3 Å². The van der Waals surface area contributed by atoms with Gasteiger partial charge in [-0.3, -0.25) is 15.0 Å². The Morgan fingerprint density at radius 3 is 2.74 bits per heavy atom. The van der Waals surface area contributed by atoms with Crippen molar-refractivity contribution in [2.45, 2.75) is 18.8 Å². The summed E-state index contributed by atoms with van der Waals surface area (Å²) >= 11 is 7.64. The molecule has 1 aliphatic rings. The smallest absolute Gasteiger partial charge is 0.341 e. The van der Waals surface area contributed by atoms with E-state index < -0.39 is 28.2 Å². The number of aromatic nitrogens is 1. The number of rotatable bonds is 5. The number of anilines is 1. The minimum absolute atomic E-state index is 0.00919. The number of carbonyl (C=O) groups excluding carboxylic acids is 1. The van der Waals surface area contributed by atoms with Gasteiger partial charge in [-0.05, 0) is 25.1 Å². The van der Waals surface area contributed by atoms with Crippen molar-refractivity contribution in [2.75, 3.05) is 11.2 Å². The molecule has 2 heterocycles. The Labute approximate surface area is 185 Å². The maximum Gasteiger partial charge on any atom is 0.341 e. The van der Waals surface area contributed by atoms with Crippen LogP contribution in [0.1, 0.15) is 28.2 Å². The number of carboxylic acid groups (broad SMARTS) is 1. The third-order valence-electron chi connectivity index (χ3n) is 5.02. The number of pyridine rings is 1. The van der Waals surface area contributed by atoms with E-state index in [-0.39, 0.29) is 22.7 Å². The standard InChI is InChI=1S/C21H17ClFN3O4S/c1-2-25-9-13(21(29)30)19(28)12-7-15(23)16(8-17(12)25)24-26-18(27)10-31-20(26)11-5-3-4-6-14(11)22/h3-9,20,24H,2,10H2,1H3,(H,29,30)/t20-/m1/s1. The summed E-state index contributed by atoms with van der Waals surface area (Å²) in [7, 11) is 0. The second-order valence-electron chi connectivity index (χ2n) is 6.87. The monoisotopic (exact) mass is 461 g/mol. The van der Waals surface area contributed by atoms with Crippen molar-refractivity contribution >= 4 is 51.8 Å². The average molecular weight is 462 g/mol. The van der Waals surface area contributed by atoms with Gasteiger partial charge >= 0.3 is 5.97 Å². The largest absolute Gasteiger partial charge is 0.477 e. The lowest BCUT2D eigenvalue weighted by Crippen LogP contribution is -2.34. The highest BCUT2D eigenvalue weighted by Crippen LogP contribution is 2.41. The number of nitrogens with one attached hydrogen (secondary N) is 1. The van der Waals surface area contributed by atoms with Gasteiger partial charge < -0.3 is 9.67 Å². The molecular weight excluding hydrogens is 445 g/mol. The number of hydrogen-bond donors (Lipinski definition) is 2. The summed E-state index contributed by atoms with van der Waals surface area (Å²) in [5, 5.41) is 10.6. The quantitative estimate of drug-likeness (QED) is 0.594. The van der Waals surface area contributed by atoms with Gasteiger partial charge in [0.15, 0.2) is 0 Å². The fraction of sp³-hybridized carbons (Fsp3) is 0.190. The molecule has 3 aromatic rings. The maximum atomic E-state index is 14.9. The van der Waals surface area contributed by atoms with Crippen molar-refractivity contribution in [3.63, 3.8) is 0 Å². The zero-order chi connectivity index (χ0) is 22.3. The molecule has 0 bridgehead atoms. The number of amides is 1. The fourth-order valence-electron chi connectivity index (χ4n) is 3.49. The summed E-state index contributed by atoms with van der Waals surface area (Å²) in [6.07, 6.45) is 1.23. The zero-order valence-corrected chi connectivity index (χ0v) is 17.8. The highest BCUT2D eigenvalue weighted by atomic mass is 35.5. The van der Waals surface area contributed by atoms with Gasteiger partial charge in [0.1, 0.15) is 16.8 Å². The predicted molar refractivity (Wildman–Crippen MR) is 118 cm³/mol. The van der Waals surface area contributed by atoms with Crippen LogP contribution in [0.3, 0.4) is 0 Å². The average Bonchev–Trinajstić information content (AvgIpc) is 3.09. The first kappa shape index (κ1) is 21.2. The van der Waals surface area contributed by atoms with Crippen molar-refractivity contribution in [2.24, 2.45) is 0 Å². The molecule has 10 heteroatoms. The predicted octanol–water partition coefficient (Wildman–Crippen LogP) is 4.11. The topological polar surface area (TPSA) is 91.6 Å². The first-order valence-corrected chi connectivity index (χ1v) is 10.8. The van der Waals surface area contributed by atoms with E-state index in [4.69, 9.17) is 11.6 Å². The van der Waals surface area contributed by atoms with Gasteiger partial charge in [-0.25, -0.2) is 14.2 Å². The number of fused-ring (bicyclic) bond motifs is 1. The number of hydrogen-bond acceptors (Lipinski definition) is 5. The Morgan fingerprint density at radius 1 is 1.32 bits per heavy atom. The molecule has 4 rings (SSSR count). The van der Waals surface area contributed by atoms with Crippen LogP contribution in [0.5, 0.6) is 0 Å². The van der Waals surface area contributed by atoms with Crippen molar-refractivity contribution in [3.8, 4) is 0 Å². The highest BCUT2D eigenvalue weighted by Gasteiger charge is 2.35. The molecule has 1 aliphatic heterocycles. The minimum atomic E-state index is -1.38. The Kier molecular flexibility index (Phi) is 5.63. The van der Waals surface area contributed by atoms with Crippen molar-refractivity contribution in [1.82, 2.24) is 9.58 Å². The van der Waals surface area contributed by atoms with Crippen LogP contribution in [0.2, 0.25) is 5.02 Å². The molecule has 7 nitrogen and oxygen atoms in total. The number of carboxylic acids is 1. The summed E-state index contributed by atoms with van der Waals surface area (Å²) in [5.41, 5.74) is 2.70. The summed E-state index contributed by atoms with van der Waals surface area (Å²) in [4.78, 5) is 36.4. The van der Waals surface area contributed by atoms with E-state index in [1.165, 1.54) is 29.0 Å². The number of hydrazine groups is 1. The molecule has 160 valence electrons. The molecule has 1 aromatic heterocycles. The van der Waals surface area contributed by atoms with Gasteiger partial charge in [0.25, 0.3) is 5.91 Å². The molecule has 0 aliphatic carbocycles. The molecule has 1 saturated heterocycles. The Hall–Kier alpha value is -3.04. The molecule has 1 atom stereocenters. The van der Waals surface area contributed by atoms with E-state index in [2.05, 4.69) is 5.43 Å². The molecule has 2 N–H and O–H groups in total. The number of carbonyl (C=O) groups is 2. The van der Waals surface area contributed by atoms with E-state index >= 15 is 0 Å². The Morgan fingerprint density at radius 2 is 2.06 bits per heavy atom. The van der Waals surface area contributed by atoms with Crippen LogP contribution in [0.25, 0.3) is 10.9 Å². The van der Waals surface area contributed by atoms with Crippen molar-refractivity contribution in [3.05, 3.63) is 74.8 Å². The van der Waals surface area contributed by atoms with Crippen LogP contribution in [0.15, 0.2) is 47.4 Å². The highest BCUT2D eigenvalue weighted by molar-refractivity contribution is 8.00. The number of thioether (sulfide) groups is 1. The summed E-state index contributed by atoms with van der Waals surface area (Å²) < 4.78 is 16.5. The lowest BCUT2D eigenvalue weighted by atomic mass is 10.1. The normalized spacial score (nSPS) is 16.2. The second kappa shape index (κ2) is 8.24. The van der Waals surface area contributed by atoms with Crippen LogP contribution < -0.4 is 10.9 Å². The Bertz CT molecular complexity index is 1280. The molecule has 2 aromatic carbocycles. The molecule has 1 fully saturated rings. The van der Waals surface area contributed by atoms with E-state index in [1.54, 1.807) is 35.8 Å². The number of benzene rings is 2. The summed E-state index contributed by atoms with van der Waals surface area (Å²) in [6.45, 7) is 2.14. The molecular formula is C21H17ClFN3O4S. The number of halogens is 2. The van der Waals surface area contributed by atoms with Crippen molar-refractivity contribution in [1.29, 1.82) is 0 Å². The first-order chi connectivity index (χ1) is 14.8. The van der Waals surface area contributed by atoms with Gasteiger partial charge in [-0.1, -0.05) is 29.8 Å². The molecule has 0 saturated carbocycles. The Balaban J connectivity index is 1.79. The minimum Gasteiger partial charge on any atom is -0.477 e. The van der Waals surface area contributed by atoms with Crippen LogP contribution in [0.4, 0.5) is 10.1 Å². The third-order valence-corrected chi connectivity index (χ3v) is 6.56. The van der Waals surface area contributed by atoms with E-state index in [1.807, 2.05) is 0 Å². The SMILES string of the molecule is CCn1cc(C(=O)O)c(=O)c2cc(F)c(NN3C(=O)CS[C@@H]3c3ccccc3Cl)cc21. The fourth-order valence-corrected chi connectivity index (χ4v) is 4.94. The van der Waals surface area contributed by atoms with Crippen molar-refractivity contribution < 1.29 is 19.1 Å². The molecule has 1 amide bonds. The second-order valence-corrected chi connectivity index (χ2v) is 8.35. The number of aryl methyl sites for hydroxylation is 1. The zero-order valence-electron chi connectivity index (χ0n) is 16.3. The van der Waals surface area contributed by atoms with E-state index in [0.29, 0.717) is 22.6 Å². The summed E-state index contributed by atoms with van der Waals surface area (Å²) in [5.74, 6) is -2.21. The first-order valence-electron chi connectivity index (χ1n) is 9.36. The molecule has 31 heavy (non-hydrogen) atoms. The molecule has 0 radical (unpaired) electrons. The van der Waals surface area contributed by atoms with Crippen LogP contribution in [0, 0.1) is 5.82 Å².